The number of benzene rings is 4. The predicted octanol–water partition coefficient (Wildman–Crippen LogP) is 7.42. The number of furan rings is 2. The van der Waals surface area contributed by atoms with Gasteiger partial charge in [-0.05, 0) is 38.1 Å². The highest BCUT2D eigenvalue weighted by molar-refractivity contribution is 7.79. The second kappa shape index (κ2) is 10.0. The van der Waals surface area contributed by atoms with Gasteiger partial charge in [-0.25, -0.2) is 0 Å². The van der Waals surface area contributed by atoms with Gasteiger partial charge < -0.3 is 17.9 Å². The fourth-order valence-electron chi connectivity index (χ4n) is 3.95. The summed E-state index contributed by atoms with van der Waals surface area (Å²) in [5.74, 6) is 0. The van der Waals surface area contributed by atoms with Crippen LogP contribution in [0.15, 0.2) is 81.6 Å². The summed E-state index contributed by atoms with van der Waals surface area (Å²) in [6.45, 7) is 3.83. The summed E-state index contributed by atoms with van der Waals surface area (Å²) in [6, 6.07) is 23.2. The lowest BCUT2D eigenvalue weighted by Gasteiger charge is -2.06. The van der Waals surface area contributed by atoms with Gasteiger partial charge in [0.15, 0.2) is 9.95 Å². The summed E-state index contributed by atoms with van der Waals surface area (Å²) >= 11 is 0. The van der Waals surface area contributed by atoms with Crippen molar-refractivity contribution in [1.82, 2.24) is 0 Å². The number of rotatable bonds is 0. The third kappa shape index (κ3) is 5.55. The van der Waals surface area contributed by atoms with Crippen LogP contribution in [0.25, 0.3) is 53.8 Å². The van der Waals surface area contributed by atoms with Crippen molar-refractivity contribution in [2.45, 2.75) is 13.8 Å². The number of aryl methyl sites for hydroxylation is 2. The van der Waals surface area contributed by atoms with Crippen molar-refractivity contribution in [2.75, 3.05) is 0 Å². The third-order valence-corrected chi connectivity index (χ3v) is 5.61. The molecule has 6 rings (SSSR count). The van der Waals surface area contributed by atoms with E-state index in [1.807, 2.05) is 74.5 Å². The van der Waals surface area contributed by atoms with Gasteiger partial charge in [0.25, 0.3) is 0 Å². The topological polar surface area (TPSA) is 163 Å². The first-order valence-corrected chi connectivity index (χ1v) is 12.1. The first kappa shape index (κ1) is 25.3. The average Bonchev–Trinajstić information content (AvgIpc) is 3.39. The molecule has 0 aliphatic rings. The Morgan fingerprint density at radius 3 is 1.32 bits per heavy atom. The van der Waals surface area contributed by atoms with Gasteiger partial charge in [0.1, 0.15) is 22.3 Å². The molecule has 0 bridgehead atoms. The van der Waals surface area contributed by atoms with Gasteiger partial charge in [-0.2, -0.15) is 0 Å². The van der Waals surface area contributed by atoms with Gasteiger partial charge in [0.2, 0.25) is 10.8 Å². The minimum Gasteiger partial charge on any atom is -0.759 e. The number of para-hydroxylation sites is 2. The Morgan fingerprint density at radius 2 is 0.973 bits per heavy atom. The molecule has 0 saturated carbocycles. The third-order valence-electron chi connectivity index (χ3n) is 5.61. The van der Waals surface area contributed by atoms with Gasteiger partial charge in [-0.3, -0.25) is 8.42 Å². The summed E-state index contributed by atoms with van der Waals surface area (Å²) in [5.41, 5.74) is 6.17. The molecule has 184 valence electrons. The lowest BCUT2D eigenvalue weighted by Crippen LogP contribution is -1.91. The fourth-order valence-corrected chi connectivity index (χ4v) is 3.95. The molecule has 0 saturated heterocycles. The summed E-state index contributed by atoms with van der Waals surface area (Å²) in [6.07, 6.45) is 0. The number of nitrogens with zero attached hydrogens (tertiary/aromatic N) is 4. The molecule has 11 heteroatoms. The van der Waals surface area contributed by atoms with E-state index in [4.69, 9.17) is 37.1 Å². The van der Waals surface area contributed by atoms with E-state index in [1.165, 1.54) is 0 Å². The van der Waals surface area contributed by atoms with E-state index in [-0.39, 0.29) is 0 Å². The minimum atomic E-state index is -5.17. The van der Waals surface area contributed by atoms with E-state index in [1.54, 1.807) is 12.1 Å². The zero-order chi connectivity index (χ0) is 26.7. The Kier molecular flexibility index (Phi) is 6.87. The second-order valence-electron chi connectivity index (χ2n) is 8.07. The molecule has 37 heavy (non-hydrogen) atoms. The predicted molar refractivity (Wildman–Crippen MR) is 137 cm³/mol. The number of fused-ring (bicyclic) bond motifs is 6. The van der Waals surface area contributed by atoms with Crippen LogP contribution in [0.4, 0.5) is 11.4 Å². The zero-order valence-electron chi connectivity index (χ0n) is 19.6. The molecule has 0 spiro atoms. The molecule has 2 aromatic heterocycles. The molecular weight excluding hydrogens is 496 g/mol. The van der Waals surface area contributed by atoms with Gasteiger partial charge >= 0.3 is 11.4 Å². The minimum absolute atomic E-state index is 0.548. The summed E-state index contributed by atoms with van der Waals surface area (Å²) in [4.78, 5) is 6.46. The van der Waals surface area contributed by atoms with Crippen LogP contribution in [0.2, 0.25) is 0 Å². The standard InChI is InChI=1S/2C13H9N2O.H2O4S/c2*1-8-6-10-9-4-2-3-5-12(9)16-13(10)7-11(8)15-14;1-5(2,3)4/h2*2-7H,1H3;(H2,1,2,3,4)/q2*+1;/p-2. The Balaban J connectivity index is 0.000000147. The molecule has 0 aliphatic carbocycles. The molecule has 0 unspecified atom stereocenters. The lowest BCUT2D eigenvalue weighted by molar-refractivity contribution is 0.352. The van der Waals surface area contributed by atoms with Crippen molar-refractivity contribution in [1.29, 1.82) is 10.8 Å². The fraction of sp³-hybridized carbons (Fsp3) is 0.0769. The van der Waals surface area contributed by atoms with Gasteiger partial charge in [0.05, 0.1) is 12.1 Å². The maximum absolute atomic E-state index is 8.84. The molecule has 0 fully saturated rings. The van der Waals surface area contributed by atoms with Crippen molar-refractivity contribution in [2.24, 2.45) is 0 Å². The van der Waals surface area contributed by atoms with Crippen LogP contribution in [0.3, 0.4) is 0 Å². The van der Waals surface area contributed by atoms with Crippen molar-refractivity contribution in [3.63, 3.8) is 0 Å². The number of diazo groups is 2. The Morgan fingerprint density at radius 1 is 0.622 bits per heavy atom. The first-order chi connectivity index (χ1) is 17.6. The summed E-state index contributed by atoms with van der Waals surface area (Å²) in [5, 5.41) is 22.0. The van der Waals surface area contributed by atoms with Crippen molar-refractivity contribution in [3.8, 4) is 0 Å². The van der Waals surface area contributed by atoms with Crippen molar-refractivity contribution >= 4 is 65.7 Å². The highest BCUT2D eigenvalue weighted by atomic mass is 32.3. The molecule has 4 aromatic carbocycles. The molecule has 2 heterocycles. The Labute approximate surface area is 210 Å². The first-order valence-electron chi connectivity index (χ1n) is 10.8. The van der Waals surface area contributed by atoms with Gasteiger partial charge in [0, 0.05) is 43.1 Å². The van der Waals surface area contributed by atoms with Crippen LogP contribution in [0.1, 0.15) is 11.1 Å². The molecule has 0 amide bonds. The zero-order valence-corrected chi connectivity index (χ0v) is 20.4. The van der Waals surface area contributed by atoms with Crippen molar-refractivity contribution < 1.29 is 26.4 Å². The van der Waals surface area contributed by atoms with Gasteiger partial charge in [-0.15, -0.1) is 0 Å². The van der Waals surface area contributed by atoms with Crippen LogP contribution in [0.5, 0.6) is 0 Å². The molecule has 0 radical (unpaired) electrons. The van der Waals surface area contributed by atoms with E-state index < -0.39 is 10.4 Å². The Bertz CT molecular complexity index is 1840. The molecule has 6 aromatic rings. The summed E-state index contributed by atoms with van der Waals surface area (Å²) in [7, 11) is -5.17. The number of hydrogen-bond donors (Lipinski definition) is 0. The van der Waals surface area contributed by atoms with Crippen LogP contribution < -0.4 is 0 Å². The maximum atomic E-state index is 8.84. The SMILES string of the molecule is Cc1cc2c(cc1[N+]#N)oc1ccccc12.Cc1cc2c(cc1[N+]#N)oc1ccccc12.O=S(=O)([O-])[O-]. The Hall–Kier alpha value is -4.81. The lowest BCUT2D eigenvalue weighted by atomic mass is 10.1. The highest BCUT2D eigenvalue weighted by Crippen LogP contribution is 2.34. The maximum Gasteiger partial charge on any atom is 0.391 e. The largest absolute Gasteiger partial charge is 0.759 e. The monoisotopic (exact) mass is 514 g/mol. The van der Waals surface area contributed by atoms with Crippen LogP contribution >= 0.6 is 0 Å². The molecule has 0 atom stereocenters. The van der Waals surface area contributed by atoms with E-state index in [9.17, 15) is 0 Å². The highest BCUT2D eigenvalue weighted by Gasteiger charge is 2.16. The smallest absolute Gasteiger partial charge is 0.391 e. The molecule has 0 aliphatic heterocycles. The van der Waals surface area contributed by atoms with Crippen LogP contribution in [0, 0.1) is 24.6 Å². The number of hydrogen-bond acceptors (Lipinski definition) is 8. The van der Waals surface area contributed by atoms with E-state index >= 15 is 0 Å². The van der Waals surface area contributed by atoms with Gasteiger partial charge in [-0.1, -0.05) is 36.4 Å². The van der Waals surface area contributed by atoms with Crippen LogP contribution in [-0.2, 0) is 10.4 Å². The van der Waals surface area contributed by atoms with Crippen molar-refractivity contribution in [3.05, 3.63) is 93.9 Å². The summed E-state index contributed by atoms with van der Waals surface area (Å²) < 4.78 is 45.4. The molecule has 0 N–H and O–H groups in total. The quantitative estimate of drug-likeness (QED) is 0.115. The van der Waals surface area contributed by atoms with E-state index in [0.717, 1.165) is 55.0 Å². The average molecular weight is 515 g/mol. The molecular formula is C26H18N4O6S. The molecule has 10 nitrogen and oxygen atoms in total. The normalized spacial score (nSPS) is 10.9. The van der Waals surface area contributed by atoms with E-state index in [0.29, 0.717) is 11.4 Å². The van der Waals surface area contributed by atoms with Crippen LogP contribution in [-0.4, -0.2) is 17.5 Å². The second-order valence-corrected chi connectivity index (χ2v) is 8.89. The van der Waals surface area contributed by atoms with E-state index in [2.05, 4.69) is 9.95 Å².